The summed E-state index contributed by atoms with van der Waals surface area (Å²) < 4.78 is 4.78. The first-order chi connectivity index (χ1) is 8.70. The van der Waals surface area contributed by atoms with Crippen molar-refractivity contribution < 1.29 is 9.53 Å². The maximum atomic E-state index is 11.5. The van der Waals surface area contributed by atoms with E-state index in [1.165, 1.54) is 20.0 Å². The highest BCUT2D eigenvalue weighted by Crippen LogP contribution is 2.26. The van der Waals surface area contributed by atoms with Gasteiger partial charge in [0.05, 0.1) is 13.5 Å². The van der Waals surface area contributed by atoms with Gasteiger partial charge in [0, 0.05) is 30.2 Å². The molecule has 1 aliphatic rings. The number of ether oxygens (including phenoxy) is 1. The molecular formula is C14H20N2O2. The van der Waals surface area contributed by atoms with Crippen LogP contribution >= 0.6 is 0 Å². The minimum absolute atomic E-state index is 0.127. The zero-order valence-corrected chi connectivity index (χ0v) is 11.1. The lowest BCUT2D eigenvalue weighted by atomic mass is 9.98. The lowest BCUT2D eigenvalue weighted by Crippen LogP contribution is -2.41. The van der Waals surface area contributed by atoms with Crippen molar-refractivity contribution in [2.45, 2.75) is 38.6 Å². The summed E-state index contributed by atoms with van der Waals surface area (Å²) in [5.41, 5.74) is 2.17. The first kappa shape index (κ1) is 12.9. The third-order valence-corrected chi connectivity index (χ3v) is 3.47. The first-order valence-electron chi connectivity index (χ1n) is 6.47. The van der Waals surface area contributed by atoms with E-state index >= 15 is 0 Å². The van der Waals surface area contributed by atoms with Crippen molar-refractivity contribution in [3.05, 3.63) is 24.0 Å². The molecule has 1 atom stereocenters. The molecule has 0 spiro atoms. The van der Waals surface area contributed by atoms with Crippen LogP contribution in [0.25, 0.3) is 0 Å². The van der Waals surface area contributed by atoms with Crippen LogP contribution < -0.4 is 4.90 Å². The number of carbonyl (C=O) groups is 1. The Kier molecular flexibility index (Phi) is 4.18. The van der Waals surface area contributed by atoms with Crippen molar-refractivity contribution in [1.29, 1.82) is 0 Å². The number of hydrogen-bond acceptors (Lipinski definition) is 4. The van der Waals surface area contributed by atoms with Crippen molar-refractivity contribution in [2.75, 3.05) is 18.6 Å². The summed E-state index contributed by atoms with van der Waals surface area (Å²) in [6.07, 6.45) is 5.71. The average molecular weight is 248 g/mol. The molecule has 1 unspecified atom stereocenters. The monoisotopic (exact) mass is 248 g/mol. The second-order valence-electron chi connectivity index (χ2n) is 4.78. The lowest BCUT2D eigenvalue weighted by Gasteiger charge is -2.37. The van der Waals surface area contributed by atoms with Crippen molar-refractivity contribution in [3.8, 4) is 0 Å². The fourth-order valence-corrected chi connectivity index (χ4v) is 2.54. The molecule has 1 aromatic heterocycles. The van der Waals surface area contributed by atoms with E-state index in [9.17, 15) is 4.79 Å². The SMILES string of the molecule is COC(=O)CC1CCCCN1c1ccnc(C)c1. The quantitative estimate of drug-likeness (QED) is 0.770. The fourth-order valence-electron chi connectivity index (χ4n) is 2.54. The lowest BCUT2D eigenvalue weighted by molar-refractivity contribution is -0.141. The summed E-state index contributed by atoms with van der Waals surface area (Å²) in [7, 11) is 1.45. The summed E-state index contributed by atoms with van der Waals surface area (Å²) in [5.74, 6) is -0.127. The second-order valence-corrected chi connectivity index (χ2v) is 4.78. The molecule has 2 rings (SSSR count). The highest BCUT2D eigenvalue weighted by molar-refractivity contribution is 5.71. The number of rotatable bonds is 3. The number of anilines is 1. The van der Waals surface area contributed by atoms with Gasteiger partial charge in [0.2, 0.25) is 0 Å². The summed E-state index contributed by atoms with van der Waals surface area (Å²) >= 11 is 0. The van der Waals surface area contributed by atoms with Crippen LogP contribution in [0.1, 0.15) is 31.4 Å². The van der Waals surface area contributed by atoms with E-state index in [2.05, 4.69) is 16.0 Å². The number of pyridine rings is 1. The van der Waals surface area contributed by atoms with E-state index in [-0.39, 0.29) is 12.0 Å². The Morgan fingerprint density at radius 2 is 2.39 bits per heavy atom. The minimum atomic E-state index is -0.127. The number of carbonyl (C=O) groups excluding carboxylic acids is 1. The van der Waals surface area contributed by atoms with Gasteiger partial charge >= 0.3 is 5.97 Å². The number of methoxy groups -OCH3 is 1. The summed E-state index contributed by atoms with van der Waals surface area (Å²) in [5, 5.41) is 0. The van der Waals surface area contributed by atoms with Gasteiger partial charge in [0.15, 0.2) is 0 Å². The summed E-state index contributed by atoms with van der Waals surface area (Å²) in [6, 6.07) is 4.35. The molecule has 0 N–H and O–H groups in total. The van der Waals surface area contributed by atoms with Gasteiger partial charge in [-0.05, 0) is 38.3 Å². The van der Waals surface area contributed by atoms with Crippen LogP contribution in [0.4, 0.5) is 5.69 Å². The zero-order chi connectivity index (χ0) is 13.0. The average Bonchev–Trinajstić information content (AvgIpc) is 2.39. The zero-order valence-electron chi connectivity index (χ0n) is 11.1. The van der Waals surface area contributed by atoms with Crippen LogP contribution in [0.5, 0.6) is 0 Å². The largest absolute Gasteiger partial charge is 0.469 e. The van der Waals surface area contributed by atoms with E-state index in [0.29, 0.717) is 6.42 Å². The number of hydrogen-bond donors (Lipinski definition) is 0. The van der Waals surface area contributed by atoms with Crippen LogP contribution in [0, 0.1) is 6.92 Å². The second kappa shape index (κ2) is 5.85. The van der Waals surface area contributed by atoms with E-state index < -0.39 is 0 Å². The number of aryl methyl sites for hydroxylation is 1. The molecule has 1 saturated heterocycles. The maximum absolute atomic E-state index is 11.5. The van der Waals surface area contributed by atoms with Gasteiger partial charge in [-0.2, -0.15) is 0 Å². The molecule has 4 heteroatoms. The van der Waals surface area contributed by atoms with Crippen LogP contribution in [-0.4, -0.2) is 30.6 Å². The molecule has 0 saturated carbocycles. The molecule has 0 aromatic carbocycles. The van der Waals surface area contributed by atoms with Gasteiger partial charge in [0.25, 0.3) is 0 Å². The predicted octanol–water partition coefficient (Wildman–Crippen LogP) is 2.31. The molecular weight excluding hydrogens is 228 g/mol. The Morgan fingerprint density at radius 1 is 1.56 bits per heavy atom. The molecule has 1 aromatic rings. The van der Waals surface area contributed by atoms with Crippen LogP contribution in [0.2, 0.25) is 0 Å². The maximum Gasteiger partial charge on any atom is 0.307 e. The molecule has 0 bridgehead atoms. The van der Waals surface area contributed by atoms with Crippen LogP contribution in [0.15, 0.2) is 18.3 Å². The van der Waals surface area contributed by atoms with E-state index in [1.807, 2.05) is 19.2 Å². The van der Waals surface area contributed by atoms with Gasteiger partial charge < -0.3 is 9.64 Å². The Bertz CT molecular complexity index is 420. The molecule has 1 fully saturated rings. The third-order valence-electron chi connectivity index (χ3n) is 3.47. The van der Waals surface area contributed by atoms with E-state index in [4.69, 9.17) is 4.74 Å². The molecule has 4 nitrogen and oxygen atoms in total. The van der Waals surface area contributed by atoms with Crippen LogP contribution in [-0.2, 0) is 9.53 Å². The van der Waals surface area contributed by atoms with Crippen molar-refractivity contribution >= 4 is 11.7 Å². The Labute approximate surface area is 108 Å². The standard InChI is InChI=1S/C14H20N2O2/c1-11-9-13(6-7-15-11)16-8-4-3-5-12(16)10-14(17)18-2/h6-7,9,12H,3-5,8,10H2,1-2H3. The van der Waals surface area contributed by atoms with Gasteiger partial charge in [-0.25, -0.2) is 0 Å². The Balaban J connectivity index is 2.14. The fraction of sp³-hybridized carbons (Fsp3) is 0.571. The molecule has 0 aliphatic carbocycles. The van der Waals surface area contributed by atoms with Gasteiger partial charge in [-0.15, -0.1) is 0 Å². The van der Waals surface area contributed by atoms with Crippen LogP contribution in [0.3, 0.4) is 0 Å². The molecule has 98 valence electrons. The van der Waals surface area contributed by atoms with Gasteiger partial charge in [-0.3, -0.25) is 9.78 Å². The molecule has 0 radical (unpaired) electrons. The number of nitrogens with zero attached hydrogens (tertiary/aromatic N) is 2. The van der Waals surface area contributed by atoms with Crippen molar-refractivity contribution in [2.24, 2.45) is 0 Å². The Hall–Kier alpha value is -1.58. The Morgan fingerprint density at radius 3 is 3.11 bits per heavy atom. The summed E-state index contributed by atoms with van der Waals surface area (Å²) in [4.78, 5) is 18.0. The minimum Gasteiger partial charge on any atom is -0.469 e. The smallest absolute Gasteiger partial charge is 0.307 e. The number of esters is 1. The van der Waals surface area contributed by atoms with Crippen molar-refractivity contribution in [1.82, 2.24) is 4.98 Å². The van der Waals surface area contributed by atoms with E-state index in [0.717, 1.165) is 24.3 Å². The molecule has 18 heavy (non-hydrogen) atoms. The van der Waals surface area contributed by atoms with Gasteiger partial charge in [-0.1, -0.05) is 0 Å². The molecule has 2 heterocycles. The third kappa shape index (κ3) is 3.00. The normalized spacial score (nSPS) is 19.7. The van der Waals surface area contributed by atoms with Gasteiger partial charge in [0.1, 0.15) is 0 Å². The summed E-state index contributed by atoms with van der Waals surface area (Å²) in [6.45, 7) is 2.99. The highest BCUT2D eigenvalue weighted by atomic mass is 16.5. The predicted molar refractivity (Wildman–Crippen MR) is 70.6 cm³/mol. The first-order valence-corrected chi connectivity index (χ1v) is 6.47. The number of aromatic nitrogens is 1. The highest BCUT2D eigenvalue weighted by Gasteiger charge is 2.25. The molecule has 1 aliphatic heterocycles. The van der Waals surface area contributed by atoms with E-state index in [1.54, 1.807) is 0 Å². The van der Waals surface area contributed by atoms with Crippen molar-refractivity contribution in [3.63, 3.8) is 0 Å². The molecule has 0 amide bonds. The topological polar surface area (TPSA) is 42.4 Å². The number of piperidine rings is 1.